The molecular weight excluding hydrogens is 370 g/mol. The first kappa shape index (κ1) is 20.7. The number of amides is 1. The van der Waals surface area contributed by atoms with E-state index >= 15 is 0 Å². The molecule has 0 aliphatic carbocycles. The summed E-state index contributed by atoms with van der Waals surface area (Å²) in [6, 6.07) is 8.20. The predicted molar refractivity (Wildman–Crippen MR) is 109 cm³/mol. The minimum atomic E-state index is 0. The van der Waals surface area contributed by atoms with Crippen LogP contribution in [0.4, 0.5) is 0 Å². The molecule has 3 rings (SSSR count). The molecule has 142 valence electrons. The Bertz CT molecular complexity index is 699. The standard InChI is InChI=1S/C19H25N3O2S.ClH/c1-3-12-24-16-6-4-14(5-7-16)18-21-17(13-25-18)19(23)22(2)15-8-10-20-11-9-15;/h4-7,13,15,20H,3,8-12H2,1-2H3;1H. The number of benzene rings is 1. The fourth-order valence-corrected chi connectivity index (χ4v) is 3.76. The van der Waals surface area contributed by atoms with Gasteiger partial charge < -0.3 is 15.0 Å². The van der Waals surface area contributed by atoms with E-state index in [2.05, 4.69) is 17.2 Å². The van der Waals surface area contributed by atoms with E-state index in [-0.39, 0.29) is 18.3 Å². The Morgan fingerprint density at radius 3 is 2.65 bits per heavy atom. The Labute approximate surface area is 165 Å². The lowest BCUT2D eigenvalue weighted by Crippen LogP contribution is -2.44. The van der Waals surface area contributed by atoms with Gasteiger partial charge in [0.25, 0.3) is 5.91 Å². The number of rotatable bonds is 6. The van der Waals surface area contributed by atoms with Crippen LogP contribution >= 0.6 is 23.7 Å². The van der Waals surface area contributed by atoms with Crippen LogP contribution in [0.5, 0.6) is 5.75 Å². The molecule has 0 spiro atoms. The lowest BCUT2D eigenvalue weighted by molar-refractivity contribution is 0.0698. The molecule has 26 heavy (non-hydrogen) atoms. The van der Waals surface area contributed by atoms with Crippen molar-refractivity contribution in [2.24, 2.45) is 0 Å². The maximum Gasteiger partial charge on any atom is 0.273 e. The second kappa shape index (κ2) is 9.90. The molecule has 1 aliphatic heterocycles. The van der Waals surface area contributed by atoms with E-state index < -0.39 is 0 Å². The summed E-state index contributed by atoms with van der Waals surface area (Å²) in [6.07, 6.45) is 2.99. The highest BCUT2D eigenvalue weighted by molar-refractivity contribution is 7.13. The fraction of sp³-hybridized carbons (Fsp3) is 0.474. The van der Waals surface area contributed by atoms with Gasteiger partial charge >= 0.3 is 0 Å². The summed E-state index contributed by atoms with van der Waals surface area (Å²) in [4.78, 5) is 19.1. The molecule has 1 saturated heterocycles. The third-order valence-electron chi connectivity index (χ3n) is 4.47. The quantitative estimate of drug-likeness (QED) is 0.807. The number of halogens is 1. The van der Waals surface area contributed by atoms with Crippen LogP contribution in [0.2, 0.25) is 0 Å². The predicted octanol–water partition coefficient (Wildman–Crippen LogP) is 3.84. The Balaban J connectivity index is 0.00000243. The fourth-order valence-electron chi connectivity index (χ4n) is 2.96. The van der Waals surface area contributed by atoms with Gasteiger partial charge in [-0.05, 0) is 56.6 Å². The highest BCUT2D eigenvalue weighted by Crippen LogP contribution is 2.26. The first-order valence-corrected chi connectivity index (χ1v) is 9.73. The molecule has 2 aromatic rings. The minimum Gasteiger partial charge on any atom is -0.494 e. The van der Waals surface area contributed by atoms with Crippen LogP contribution < -0.4 is 10.1 Å². The number of nitrogens with zero attached hydrogens (tertiary/aromatic N) is 2. The molecule has 1 amide bonds. The molecule has 2 heterocycles. The van der Waals surface area contributed by atoms with Crippen LogP contribution in [0.3, 0.4) is 0 Å². The Morgan fingerprint density at radius 1 is 1.31 bits per heavy atom. The average Bonchev–Trinajstić information content (AvgIpc) is 3.16. The van der Waals surface area contributed by atoms with E-state index in [0.29, 0.717) is 11.7 Å². The van der Waals surface area contributed by atoms with Crippen molar-refractivity contribution in [2.45, 2.75) is 32.2 Å². The summed E-state index contributed by atoms with van der Waals surface area (Å²) >= 11 is 1.51. The van der Waals surface area contributed by atoms with Crippen molar-refractivity contribution in [3.05, 3.63) is 35.3 Å². The normalized spacial score (nSPS) is 14.5. The number of hydrogen-bond donors (Lipinski definition) is 1. The Hall–Kier alpha value is -1.63. The molecule has 1 fully saturated rings. The number of carbonyl (C=O) groups excluding carboxylic acids is 1. The van der Waals surface area contributed by atoms with Gasteiger partial charge in [0.15, 0.2) is 0 Å². The molecular formula is C19H26ClN3O2S. The molecule has 0 atom stereocenters. The lowest BCUT2D eigenvalue weighted by atomic mass is 10.1. The summed E-state index contributed by atoms with van der Waals surface area (Å²) in [5, 5.41) is 6.05. The topological polar surface area (TPSA) is 54.5 Å². The molecule has 1 aliphatic rings. The summed E-state index contributed by atoms with van der Waals surface area (Å²) in [5.41, 5.74) is 1.55. The van der Waals surface area contributed by atoms with E-state index in [1.54, 1.807) is 0 Å². The van der Waals surface area contributed by atoms with Crippen LogP contribution in [0.15, 0.2) is 29.6 Å². The van der Waals surface area contributed by atoms with Crippen molar-refractivity contribution < 1.29 is 9.53 Å². The number of thiazole rings is 1. The molecule has 1 aromatic heterocycles. The monoisotopic (exact) mass is 395 g/mol. The van der Waals surface area contributed by atoms with Gasteiger partial charge in [-0.3, -0.25) is 4.79 Å². The van der Waals surface area contributed by atoms with Crippen molar-refractivity contribution in [1.29, 1.82) is 0 Å². The van der Waals surface area contributed by atoms with Crippen molar-refractivity contribution in [1.82, 2.24) is 15.2 Å². The molecule has 0 radical (unpaired) electrons. The van der Waals surface area contributed by atoms with Gasteiger partial charge in [0.2, 0.25) is 0 Å². The van der Waals surface area contributed by atoms with E-state index in [0.717, 1.165) is 55.3 Å². The minimum absolute atomic E-state index is 0. The third kappa shape index (κ3) is 4.96. The highest BCUT2D eigenvalue weighted by atomic mass is 35.5. The van der Waals surface area contributed by atoms with Gasteiger partial charge in [-0.15, -0.1) is 23.7 Å². The van der Waals surface area contributed by atoms with Crippen molar-refractivity contribution in [2.75, 3.05) is 26.7 Å². The summed E-state index contributed by atoms with van der Waals surface area (Å²) < 4.78 is 5.61. The number of hydrogen-bond acceptors (Lipinski definition) is 5. The smallest absolute Gasteiger partial charge is 0.273 e. The SMILES string of the molecule is CCCOc1ccc(-c2nc(C(=O)N(C)C3CCNCC3)cs2)cc1.Cl. The molecule has 0 bridgehead atoms. The lowest BCUT2D eigenvalue weighted by Gasteiger charge is -2.31. The van der Waals surface area contributed by atoms with Crippen LogP contribution in [-0.4, -0.2) is 48.6 Å². The van der Waals surface area contributed by atoms with E-state index in [1.807, 2.05) is 41.6 Å². The first-order valence-electron chi connectivity index (χ1n) is 8.85. The van der Waals surface area contributed by atoms with Crippen molar-refractivity contribution in [3.8, 4) is 16.3 Å². The van der Waals surface area contributed by atoms with Gasteiger partial charge in [0.05, 0.1) is 6.61 Å². The van der Waals surface area contributed by atoms with E-state index in [9.17, 15) is 4.79 Å². The van der Waals surface area contributed by atoms with Crippen molar-refractivity contribution >= 4 is 29.7 Å². The first-order chi connectivity index (χ1) is 12.2. The zero-order chi connectivity index (χ0) is 17.6. The van der Waals surface area contributed by atoms with Gasteiger partial charge in [0, 0.05) is 24.0 Å². The second-order valence-electron chi connectivity index (χ2n) is 6.31. The van der Waals surface area contributed by atoms with Crippen molar-refractivity contribution in [3.63, 3.8) is 0 Å². The average molecular weight is 396 g/mol. The summed E-state index contributed by atoms with van der Waals surface area (Å²) in [6.45, 7) is 4.75. The van der Waals surface area contributed by atoms with E-state index in [1.165, 1.54) is 11.3 Å². The van der Waals surface area contributed by atoms with Gasteiger partial charge in [-0.25, -0.2) is 4.98 Å². The van der Waals surface area contributed by atoms with Crippen LogP contribution in [-0.2, 0) is 0 Å². The zero-order valence-electron chi connectivity index (χ0n) is 15.2. The number of carbonyl (C=O) groups is 1. The van der Waals surface area contributed by atoms with Crippen LogP contribution in [0.25, 0.3) is 10.6 Å². The number of piperidine rings is 1. The van der Waals surface area contributed by atoms with Gasteiger partial charge in [0.1, 0.15) is 16.5 Å². The summed E-state index contributed by atoms with van der Waals surface area (Å²) in [5.74, 6) is 0.876. The number of aromatic nitrogens is 1. The summed E-state index contributed by atoms with van der Waals surface area (Å²) in [7, 11) is 1.89. The molecule has 0 saturated carbocycles. The largest absolute Gasteiger partial charge is 0.494 e. The Morgan fingerprint density at radius 2 is 2.00 bits per heavy atom. The van der Waals surface area contributed by atoms with Gasteiger partial charge in [-0.2, -0.15) is 0 Å². The molecule has 1 N–H and O–H groups in total. The highest BCUT2D eigenvalue weighted by Gasteiger charge is 2.24. The molecule has 7 heteroatoms. The zero-order valence-corrected chi connectivity index (χ0v) is 16.9. The second-order valence-corrected chi connectivity index (χ2v) is 7.17. The maximum atomic E-state index is 12.7. The van der Waals surface area contributed by atoms with Crippen LogP contribution in [0.1, 0.15) is 36.7 Å². The molecule has 1 aromatic carbocycles. The van der Waals surface area contributed by atoms with E-state index in [4.69, 9.17) is 4.74 Å². The number of ether oxygens (including phenoxy) is 1. The number of nitrogens with one attached hydrogen (secondary N) is 1. The third-order valence-corrected chi connectivity index (χ3v) is 5.37. The molecule has 0 unspecified atom stereocenters. The van der Waals surface area contributed by atoms with Gasteiger partial charge in [-0.1, -0.05) is 6.92 Å². The van der Waals surface area contributed by atoms with Crippen LogP contribution in [0, 0.1) is 0 Å². The molecule has 5 nitrogen and oxygen atoms in total. The Kier molecular flexibility index (Phi) is 7.87. The maximum absolute atomic E-state index is 12.7.